The normalized spacial score (nSPS) is 10.2. The standard InChI is InChI=1S/C12H13N5O2/c1-2-3-15-12-7-9(17(18)19)6-10(16-12)11-8-13-4-5-14-11/h4-8H,2-3H2,1H3,(H,15,16). The van der Waals surface area contributed by atoms with Crippen LogP contribution in [0.1, 0.15) is 13.3 Å². The Hall–Kier alpha value is -2.57. The molecule has 0 aliphatic rings. The topological polar surface area (TPSA) is 93.8 Å². The van der Waals surface area contributed by atoms with Crippen molar-refractivity contribution in [3.8, 4) is 11.4 Å². The molecule has 0 unspecified atom stereocenters. The Morgan fingerprint density at radius 2 is 2.16 bits per heavy atom. The first kappa shape index (κ1) is 12.9. The van der Waals surface area contributed by atoms with E-state index in [1.54, 1.807) is 0 Å². The van der Waals surface area contributed by atoms with Crippen LogP contribution in [0.2, 0.25) is 0 Å². The van der Waals surface area contributed by atoms with Crippen LogP contribution in [0.4, 0.5) is 11.5 Å². The van der Waals surface area contributed by atoms with Crippen molar-refractivity contribution in [2.75, 3.05) is 11.9 Å². The third-order valence-corrected chi connectivity index (χ3v) is 2.40. The van der Waals surface area contributed by atoms with E-state index in [0.717, 1.165) is 6.42 Å². The third kappa shape index (κ3) is 3.21. The fourth-order valence-electron chi connectivity index (χ4n) is 1.53. The molecule has 0 saturated heterocycles. The van der Waals surface area contributed by atoms with E-state index < -0.39 is 4.92 Å². The minimum atomic E-state index is -0.446. The van der Waals surface area contributed by atoms with E-state index in [2.05, 4.69) is 20.3 Å². The van der Waals surface area contributed by atoms with Crippen molar-refractivity contribution < 1.29 is 4.92 Å². The molecular weight excluding hydrogens is 246 g/mol. The molecule has 0 aliphatic heterocycles. The zero-order valence-electron chi connectivity index (χ0n) is 10.4. The number of nitrogens with zero attached hydrogens (tertiary/aromatic N) is 4. The number of pyridine rings is 1. The van der Waals surface area contributed by atoms with Gasteiger partial charge in [0.15, 0.2) is 0 Å². The first-order valence-electron chi connectivity index (χ1n) is 5.87. The molecule has 98 valence electrons. The van der Waals surface area contributed by atoms with Crippen LogP contribution in [0.25, 0.3) is 11.4 Å². The lowest BCUT2D eigenvalue weighted by Crippen LogP contribution is -2.04. The summed E-state index contributed by atoms with van der Waals surface area (Å²) in [6.45, 7) is 2.71. The Balaban J connectivity index is 2.42. The van der Waals surface area contributed by atoms with Gasteiger partial charge in [0.25, 0.3) is 5.69 Å². The average molecular weight is 259 g/mol. The lowest BCUT2D eigenvalue weighted by Gasteiger charge is -2.06. The number of hydrogen-bond donors (Lipinski definition) is 1. The Morgan fingerprint density at radius 1 is 1.32 bits per heavy atom. The molecule has 2 aromatic heterocycles. The van der Waals surface area contributed by atoms with Crippen LogP contribution in [-0.2, 0) is 0 Å². The Labute approximate surface area is 109 Å². The highest BCUT2D eigenvalue weighted by Crippen LogP contribution is 2.23. The summed E-state index contributed by atoms with van der Waals surface area (Å²) in [5.41, 5.74) is 0.918. The first-order valence-corrected chi connectivity index (χ1v) is 5.87. The molecule has 0 aromatic carbocycles. The van der Waals surface area contributed by atoms with Gasteiger partial charge in [0.05, 0.1) is 22.9 Å². The van der Waals surface area contributed by atoms with E-state index in [4.69, 9.17) is 0 Å². The largest absolute Gasteiger partial charge is 0.370 e. The molecule has 19 heavy (non-hydrogen) atoms. The lowest BCUT2D eigenvalue weighted by molar-refractivity contribution is -0.384. The Bertz CT molecular complexity index is 574. The molecular formula is C12H13N5O2. The number of rotatable bonds is 5. The highest BCUT2D eigenvalue weighted by atomic mass is 16.6. The maximum atomic E-state index is 10.9. The summed E-state index contributed by atoms with van der Waals surface area (Å²) in [6.07, 6.45) is 5.49. The third-order valence-electron chi connectivity index (χ3n) is 2.40. The zero-order valence-corrected chi connectivity index (χ0v) is 10.4. The van der Waals surface area contributed by atoms with Crippen molar-refractivity contribution in [3.05, 3.63) is 40.8 Å². The van der Waals surface area contributed by atoms with Gasteiger partial charge >= 0.3 is 0 Å². The summed E-state index contributed by atoms with van der Waals surface area (Å²) in [7, 11) is 0. The van der Waals surface area contributed by atoms with Gasteiger partial charge in [-0.1, -0.05) is 6.92 Å². The molecule has 2 heterocycles. The van der Waals surface area contributed by atoms with Crippen LogP contribution in [0.5, 0.6) is 0 Å². The van der Waals surface area contributed by atoms with E-state index in [1.165, 1.54) is 30.7 Å². The van der Waals surface area contributed by atoms with Crippen LogP contribution in [0, 0.1) is 10.1 Å². The van der Waals surface area contributed by atoms with Crippen LogP contribution in [0.15, 0.2) is 30.7 Å². The van der Waals surface area contributed by atoms with Gasteiger partial charge in [-0.25, -0.2) is 4.98 Å². The van der Waals surface area contributed by atoms with Crippen LogP contribution in [-0.4, -0.2) is 26.4 Å². The van der Waals surface area contributed by atoms with Gasteiger partial charge < -0.3 is 5.32 Å². The van der Waals surface area contributed by atoms with Crippen molar-refractivity contribution in [3.63, 3.8) is 0 Å². The van der Waals surface area contributed by atoms with Crippen molar-refractivity contribution >= 4 is 11.5 Å². The summed E-state index contributed by atoms with van der Waals surface area (Å²) < 4.78 is 0. The summed E-state index contributed by atoms with van der Waals surface area (Å²) in [4.78, 5) is 22.8. The van der Waals surface area contributed by atoms with Crippen LogP contribution < -0.4 is 5.32 Å². The molecule has 0 amide bonds. The molecule has 7 heteroatoms. The zero-order chi connectivity index (χ0) is 13.7. The van der Waals surface area contributed by atoms with Crippen molar-refractivity contribution in [1.82, 2.24) is 15.0 Å². The van der Waals surface area contributed by atoms with Crippen LogP contribution >= 0.6 is 0 Å². The van der Waals surface area contributed by atoms with E-state index in [-0.39, 0.29) is 5.69 Å². The second kappa shape index (κ2) is 5.85. The molecule has 2 rings (SSSR count). The maximum absolute atomic E-state index is 10.9. The molecule has 0 fully saturated rings. The number of nitrogens with one attached hydrogen (secondary N) is 1. The Morgan fingerprint density at radius 3 is 2.79 bits per heavy atom. The second-order valence-corrected chi connectivity index (χ2v) is 3.87. The summed E-state index contributed by atoms with van der Waals surface area (Å²) in [5, 5.41) is 14.0. The minimum Gasteiger partial charge on any atom is -0.370 e. The molecule has 0 spiro atoms. The number of hydrogen-bond acceptors (Lipinski definition) is 6. The summed E-state index contributed by atoms with van der Waals surface area (Å²) in [6, 6.07) is 2.80. The summed E-state index contributed by atoms with van der Waals surface area (Å²) >= 11 is 0. The van der Waals surface area contributed by atoms with Gasteiger partial charge in [-0.15, -0.1) is 0 Å². The molecule has 0 aliphatic carbocycles. The van der Waals surface area contributed by atoms with Gasteiger partial charge in [0, 0.05) is 25.0 Å². The lowest BCUT2D eigenvalue weighted by atomic mass is 10.2. The van der Waals surface area contributed by atoms with Crippen molar-refractivity contribution in [1.29, 1.82) is 0 Å². The monoisotopic (exact) mass is 259 g/mol. The first-order chi connectivity index (χ1) is 9.20. The molecule has 2 aromatic rings. The van der Waals surface area contributed by atoms with Gasteiger partial charge in [-0.3, -0.25) is 20.1 Å². The summed E-state index contributed by atoms with van der Waals surface area (Å²) in [5.74, 6) is 0.469. The van der Waals surface area contributed by atoms with Crippen LogP contribution in [0.3, 0.4) is 0 Å². The van der Waals surface area contributed by atoms with Gasteiger partial charge in [-0.2, -0.15) is 0 Å². The SMILES string of the molecule is CCCNc1cc([N+](=O)[O-])cc(-c2cnccn2)n1. The maximum Gasteiger partial charge on any atom is 0.275 e. The number of aromatic nitrogens is 3. The molecule has 0 atom stereocenters. The Kier molecular flexibility index (Phi) is 3.97. The van der Waals surface area contributed by atoms with Crippen molar-refractivity contribution in [2.24, 2.45) is 0 Å². The predicted octanol–water partition coefficient (Wildman–Crippen LogP) is 2.27. The minimum absolute atomic E-state index is 0.0192. The van der Waals surface area contributed by atoms with Gasteiger partial charge in [0.1, 0.15) is 11.5 Å². The smallest absolute Gasteiger partial charge is 0.275 e. The molecule has 0 radical (unpaired) electrons. The molecule has 0 bridgehead atoms. The predicted molar refractivity (Wildman–Crippen MR) is 70.7 cm³/mol. The highest BCUT2D eigenvalue weighted by Gasteiger charge is 2.13. The molecule has 7 nitrogen and oxygen atoms in total. The van der Waals surface area contributed by atoms with E-state index >= 15 is 0 Å². The van der Waals surface area contributed by atoms with E-state index in [0.29, 0.717) is 23.8 Å². The van der Waals surface area contributed by atoms with Gasteiger partial charge in [0.2, 0.25) is 0 Å². The van der Waals surface area contributed by atoms with Crippen molar-refractivity contribution in [2.45, 2.75) is 13.3 Å². The fraction of sp³-hybridized carbons (Fsp3) is 0.250. The number of anilines is 1. The van der Waals surface area contributed by atoms with Gasteiger partial charge in [-0.05, 0) is 6.42 Å². The van der Waals surface area contributed by atoms with E-state index in [9.17, 15) is 10.1 Å². The highest BCUT2D eigenvalue weighted by molar-refractivity contribution is 5.61. The molecule has 0 saturated carbocycles. The second-order valence-electron chi connectivity index (χ2n) is 3.87. The fourth-order valence-corrected chi connectivity index (χ4v) is 1.53. The number of nitro groups is 1. The molecule has 1 N–H and O–H groups in total. The average Bonchev–Trinajstić information content (AvgIpc) is 2.45. The van der Waals surface area contributed by atoms with E-state index in [1.807, 2.05) is 6.92 Å². The quantitative estimate of drug-likeness (QED) is 0.653.